The second-order valence-corrected chi connectivity index (χ2v) is 6.62. The van der Waals surface area contributed by atoms with Gasteiger partial charge in [-0.3, -0.25) is 0 Å². The molecule has 0 aliphatic heterocycles. The summed E-state index contributed by atoms with van der Waals surface area (Å²) in [5.41, 5.74) is 5.96. The Bertz CT molecular complexity index is 423. The van der Waals surface area contributed by atoms with Crippen LogP contribution in [0.3, 0.4) is 0 Å². The fourth-order valence-electron chi connectivity index (χ4n) is 3.84. The molecule has 2 unspecified atom stereocenters. The summed E-state index contributed by atoms with van der Waals surface area (Å²) in [6, 6.07) is 0. The van der Waals surface area contributed by atoms with Crippen molar-refractivity contribution in [3.8, 4) is 0 Å². The summed E-state index contributed by atoms with van der Waals surface area (Å²) < 4.78 is 5.59. The lowest BCUT2D eigenvalue weighted by molar-refractivity contribution is 0.278. The third kappa shape index (κ3) is 2.42. The molecule has 19 heavy (non-hydrogen) atoms. The minimum absolute atomic E-state index is 0.0223. The van der Waals surface area contributed by atoms with Crippen molar-refractivity contribution in [2.45, 2.75) is 69.6 Å². The number of aromatic nitrogens is 2. The van der Waals surface area contributed by atoms with E-state index in [2.05, 4.69) is 12.1 Å². The van der Waals surface area contributed by atoms with Gasteiger partial charge in [-0.05, 0) is 31.6 Å². The molecule has 0 bridgehead atoms. The van der Waals surface area contributed by atoms with Crippen LogP contribution in [0.1, 0.15) is 75.9 Å². The lowest BCUT2D eigenvalue weighted by Crippen LogP contribution is -2.32. The van der Waals surface area contributed by atoms with Crippen molar-refractivity contribution < 1.29 is 4.52 Å². The van der Waals surface area contributed by atoms with E-state index >= 15 is 0 Å². The van der Waals surface area contributed by atoms with Gasteiger partial charge in [0.1, 0.15) is 0 Å². The first-order valence-electron chi connectivity index (χ1n) is 7.78. The summed E-state index contributed by atoms with van der Waals surface area (Å²) in [6.45, 7) is 2.96. The van der Waals surface area contributed by atoms with E-state index in [0.29, 0.717) is 12.5 Å². The Balaban J connectivity index is 1.79. The van der Waals surface area contributed by atoms with Crippen LogP contribution in [0, 0.1) is 5.92 Å². The minimum Gasteiger partial charge on any atom is -0.339 e. The van der Waals surface area contributed by atoms with Gasteiger partial charge in [0.25, 0.3) is 0 Å². The normalized spacial score (nSPS) is 30.6. The van der Waals surface area contributed by atoms with E-state index in [1.165, 1.54) is 38.5 Å². The maximum atomic E-state index is 5.98. The van der Waals surface area contributed by atoms with Gasteiger partial charge >= 0.3 is 0 Å². The van der Waals surface area contributed by atoms with Crippen molar-refractivity contribution >= 4 is 0 Å². The first-order valence-corrected chi connectivity index (χ1v) is 7.78. The van der Waals surface area contributed by atoms with Crippen LogP contribution in [0.25, 0.3) is 0 Å². The van der Waals surface area contributed by atoms with Crippen molar-refractivity contribution in [3.63, 3.8) is 0 Å². The van der Waals surface area contributed by atoms with Crippen LogP contribution in [0.4, 0.5) is 0 Å². The average molecular weight is 263 g/mol. The molecule has 2 fully saturated rings. The van der Waals surface area contributed by atoms with Crippen LogP contribution in [0.5, 0.6) is 0 Å². The maximum Gasteiger partial charge on any atom is 0.234 e. The summed E-state index contributed by atoms with van der Waals surface area (Å²) >= 11 is 0. The lowest BCUT2D eigenvalue weighted by atomic mass is 9.82. The highest BCUT2D eigenvalue weighted by Gasteiger charge is 2.40. The molecular weight excluding hydrogens is 238 g/mol. The number of nitrogens with zero attached hydrogens (tertiary/aromatic N) is 2. The zero-order valence-corrected chi connectivity index (χ0v) is 11.9. The van der Waals surface area contributed by atoms with Gasteiger partial charge in [0.05, 0.1) is 5.41 Å². The summed E-state index contributed by atoms with van der Waals surface area (Å²) in [7, 11) is 0. The topological polar surface area (TPSA) is 64.9 Å². The predicted molar refractivity (Wildman–Crippen MR) is 73.9 cm³/mol. The molecule has 1 aromatic rings. The van der Waals surface area contributed by atoms with Gasteiger partial charge in [0, 0.05) is 12.5 Å². The van der Waals surface area contributed by atoms with Gasteiger partial charge in [0.2, 0.25) is 5.89 Å². The van der Waals surface area contributed by atoms with Crippen molar-refractivity contribution in [2.24, 2.45) is 11.7 Å². The molecule has 2 saturated carbocycles. The van der Waals surface area contributed by atoms with E-state index in [0.717, 1.165) is 30.5 Å². The van der Waals surface area contributed by atoms with Gasteiger partial charge in [-0.1, -0.05) is 37.8 Å². The van der Waals surface area contributed by atoms with Crippen LogP contribution >= 0.6 is 0 Å². The molecule has 2 atom stereocenters. The summed E-state index contributed by atoms with van der Waals surface area (Å²) in [6.07, 6.45) is 9.71. The lowest BCUT2D eigenvalue weighted by Gasteiger charge is -2.24. The third-order valence-corrected chi connectivity index (χ3v) is 5.15. The van der Waals surface area contributed by atoms with Crippen LogP contribution in [0.15, 0.2) is 4.52 Å². The Morgan fingerprint density at radius 3 is 2.74 bits per heavy atom. The summed E-state index contributed by atoms with van der Waals surface area (Å²) in [5, 5.41) is 4.27. The standard InChI is InChI=1S/C15H25N3O/c1-11-5-4-6-12(9-11)13-17-14(19-18-13)15(10-16)7-2-3-8-15/h11-12H,2-10,16H2,1H3. The zero-order chi connectivity index (χ0) is 13.3. The highest BCUT2D eigenvalue weighted by Crippen LogP contribution is 2.41. The summed E-state index contributed by atoms with van der Waals surface area (Å²) in [5.74, 6) is 3.02. The quantitative estimate of drug-likeness (QED) is 0.910. The Hall–Kier alpha value is -0.900. The van der Waals surface area contributed by atoms with Crippen LogP contribution < -0.4 is 5.73 Å². The fraction of sp³-hybridized carbons (Fsp3) is 0.867. The molecule has 0 saturated heterocycles. The summed E-state index contributed by atoms with van der Waals surface area (Å²) in [4.78, 5) is 4.74. The number of hydrogen-bond acceptors (Lipinski definition) is 4. The molecule has 2 aliphatic rings. The molecule has 4 nitrogen and oxygen atoms in total. The molecule has 1 heterocycles. The second kappa shape index (κ2) is 5.23. The average Bonchev–Trinajstić information content (AvgIpc) is 3.08. The van der Waals surface area contributed by atoms with E-state index < -0.39 is 0 Å². The minimum atomic E-state index is -0.0223. The molecule has 0 radical (unpaired) electrons. The SMILES string of the molecule is CC1CCCC(c2noc(C3(CN)CCCC3)n2)C1. The first kappa shape index (κ1) is 13.1. The molecule has 2 aliphatic carbocycles. The Labute approximate surface area is 115 Å². The van der Waals surface area contributed by atoms with Gasteiger partial charge in [0.15, 0.2) is 5.82 Å². The van der Waals surface area contributed by atoms with Gasteiger partial charge in [-0.2, -0.15) is 4.98 Å². The largest absolute Gasteiger partial charge is 0.339 e. The zero-order valence-electron chi connectivity index (χ0n) is 11.9. The molecule has 0 spiro atoms. The molecule has 3 rings (SSSR count). The van der Waals surface area contributed by atoms with E-state index in [1.807, 2.05) is 0 Å². The van der Waals surface area contributed by atoms with Gasteiger partial charge in [-0.15, -0.1) is 0 Å². The predicted octanol–water partition coefficient (Wildman–Crippen LogP) is 3.13. The van der Waals surface area contributed by atoms with Crippen molar-refractivity contribution in [1.29, 1.82) is 0 Å². The molecule has 4 heteroatoms. The maximum absolute atomic E-state index is 5.98. The Morgan fingerprint density at radius 1 is 1.26 bits per heavy atom. The van der Waals surface area contributed by atoms with Crippen LogP contribution in [-0.2, 0) is 5.41 Å². The van der Waals surface area contributed by atoms with Gasteiger partial charge in [-0.25, -0.2) is 0 Å². The molecule has 0 aromatic carbocycles. The van der Waals surface area contributed by atoms with Gasteiger partial charge < -0.3 is 10.3 Å². The van der Waals surface area contributed by atoms with E-state index in [9.17, 15) is 0 Å². The van der Waals surface area contributed by atoms with Crippen LogP contribution in [0.2, 0.25) is 0 Å². The molecular formula is C15H25N3O. The third-order valence-electron chi connectivity index (χ3n) is 5.15. The Kier molecular flexibility index (Phi) is 3.61. The van der Waals surface area contributed by atoms with Crippen molar-refractivity contribution in [1.82, 2.24) is 10.1 Å². The van der Waals surface area contributed by atoms with Crippen LogP contribution in [-0.4, -0.2) is 16.7 Å². The highest BCUT2D eigenvalue weighted by molar-refractivity contribution is 5.10. The molecule has 1 aromatic heterocycles. The number of nitrogens with two attached hydrogens (primary N) is 1. The smallest absolute Gasteiger partial charge is 0.234 e. The highest BCUT2D eigenvalue weighted by atomic mass is 16.5. The second-order valence-electron chi connectivity index (χ2n) is 6.62. The van der Waals surface area contributed by atoms with E-state index in [-0.39, 0.29) is 5.41 Å². The number of rotatable bonds is 3. The van der Waals surface area contributed by atoms with Crippen molar-refractivity contribution in [3.05, 3.63) is 11.7 Å². The molecule has 2 N–H and O–H groups in total. The Morgan fingerprint density at radius 2 is 2.05 bits per heavy atom. The first-order chi connectivity index (χ1) is 9.23. The van der Waals surface area contributed by atoms with Crippen molar-refractivity contribution in [2.75, 3.05) is 6.54 Å². The molecule has 106 valence electrons. The van der Waals surface area contributed by atoms with E-state index in [1.54, 1.807) is 0 Å². The molecule has 0 amide bonds. The number of hydrogen-bond donors (Lipinski definition) is 1. The fourth-order valence-corrected chi connectivity index (χ4v) is 3.84. The monoisotopic (exact) mass is 263 g/mol. The van der Waals surface area contributed by atoms with E-state index in [4.69, 9.17) is 15.2 Å².